The number of hydrogen-bond acceptors (Lipinski definition) is 6. The quantitative estimate of drug-likeness (QED) is 0.553. The highest BCUT2D eigenvalue weighted by molar-refractivity contribution is 7.88. The van der Waals surface area contributed by atoms with Gasteiger partial charge in [0, 0.05) is 12.4 Å². The summed E-state index contributed by atoms with van der Waals surface area (Å²) in [4.78, 5) is 10.7. The minimum absolute atomic E-state index is 0.215. The third-order valence-electron chi connectivity index (χ3n) is 3.26. The van der Waals surface area contributed by atoms with Crippen LogP contribution in [0, 0.1) is 0 Å². The molecule has 0 aliphatic rings. The summed E-state index contributed by atoms with van der Waals surface area (Å²) in [6.45, 7) is 0. The van der Waals surface area contributed by atoms with Crippen molar-refractivity contribution in [2.45, 2.75) is 11.9 Å². The van der Waals surface area contributed by atoms with Crippen molar-refractivity contribution in [2.75, 3.05) is 7.11 Å². The van der Waals surface area contributed by atoms with Gasteiger partial charge in [-0.05, 0) is 28.8 Å². The molecule has 0 aliphatic carbocycles. The average molecular weight is 389 g/mol. The molecule has 0 bridgehead atoms. The molecule has 0 heterocycles. The van der Waals surface area contributed by atoms with Crippen molar-refractivity contribution in [1.29, 1.82) is 0 Å². The number of methoxy groups -OCH3 is 1. The molecule has 0 radical (unpaired) electrons. The lowest BCUT2D eigenvalue weighted by molar-refractivity contribution is -0.304. The zero-order valence-electron chi connectivity index (χ0n) is 13.2. The van der Waals surface area contributed by atoms with Crippen LogP contribution in [0.25, 0.3) is 11.1 Å². The Bertz CT molecular complexity index is 922. The zero-order valence-corrected chi connectivity index (χ0v) is 14.1. The molecule has 0 amide bonds. The second kappa shape index (κ2) is 7.24. The molecule has 6 nitrogen and oxygen atoms in total. The molecule has 0 N–H and O–H groups in total. The molecule has 2 aromatic carbocycles. The lowest BCUT2D eigenvalue weighted by Crippen LogP contribution is -2.28. The fourth-order valence-corrected chi connectivity index (χ4v) is 2.58. The number of carbonyl (C=O) groups excluding carboxylic acids is 1. The van der Waals surface area contributed by atoms with E-state index in [1.54, 1.807) is 12.1 Å². The topological polar surface area (TPSA) is 92.7 Å². The van der Waals surface area contributed by atoms with Crippen LogP contribution in [0.5, 0.6) is 11.5 Å². The first-order chi connectivity index (χ1) is 12.0. The minimum atomic E-state index is -5.87. The van der Waals surface area contributed by atoms with E-state index in [-0.39, 0.29) is 12.2 Å². The summed E-state index contributed by atoms with van der Waals surface area (Å²) in [5.41, 5.74) is -4.44. The molecule has 26 heavy (non-hydrogen) atoms. The third kappa shape index (κ3) is 4.45. The average Bonchev–Trinajstić information content (AvgIpc) is 2.53. The first-order valence-corrected chi connectivity index (χ1v) is 8.42. The fraction of sp³-hybridized carbons (Fsp3) is 0.188. The number of carbonyl (C=O) groups is 1. The van der Waals surface area contributed by atoms with Crippen molar-refractivity contribution in [3.05, 3.63) is 48.0 Å². The fourth-order valence-electron chi connectivity index (χ4n) is 2.11. The van der Waals surface area contributed by atoms with Crippen LogP contribution in [-0.2, 0) is 21.3 Å². The van der Waals surface area contributed by atoms with E-state index in [2.05, 4.69) is 4.18 Å². The Morgan fingerprint density at radius 1 is 1.08 bits per heavy atom. The lowest BCUT2D eigenvalue weighted by Gasteiger charge is -2.14. The predicted molar refractivity (Wildman–Crippen MR) is 82.7 cm³/mol. The smallest absolute Gasteiger partial charge is 0.534 e. The number of hydrogen-bond donors (Lipinski definition) is 0. The Balaban J connectivity index is 2.46. The van der Waals surface area contributed by atoms with Gasteiger partial charge in [0.2, 0.25) is 0 Å². The van der Waals surface area contributed by atoms with Crippen molar-refractivity contribution in [3.63, 3.8) is 0 Å². The van der Waals surface area contributed by atoms with E-state index in [0.29, 0.717) is 16.7 Å². The monoisotopic (exact) mass is 389 g/mol. The van der Waals surface area contributed by atoms with Gasteiger partial charge in [0.15, 0.2) is 11.5 Å². The summed E-state index contributed by atoms with van der Waals surface area (Å²) < 4.78 is 69.1. The van der Waals surface area contributed by atoms with Crippen LogP contribution in [-0.4, -0.2) is 27.0 Å². The number of aliphatic carboxylic acids is 1. The van der Waals surface area contributed by atoms with Crippen LogP contribution in [0.2, 0.25) is 0 Å². The van der Waals surface area contributed by atoms with E-state index in [4.69, 9.17) is 4.74 Å². The summed E-state index contributed by atoms with van der Waals surface area (Å²) >= 11 is 0. The minimum Gasteiger partial charge on any atom is -0.550 e. The van der Waals surface area contributed by atoms with E-state index in [1.165, 1.54) is 24.3 Å². The van der Waals surface area contributed by atoms with Gasteiger partial charge in [-0.3, -0.25) is 0 Å². The Hall–Kier alpha value is -2.75. The first-order valence-electron chi connectivity index (χ1n) is 7.01. The summed E-state index contributed by atoms with van der Waals surface area (Å²) in [5.74, 6) is -2.16. The van der Waals surface area contributed by atoms with Crippen molar-refractivity contribution in [3.8, 4) is 22.6 Å². The molecule has 0 fully saturated rings. The van der Waals surface area contributed by atoms with Gasteiger partial charge in [-0.2, -0.15) is 21.6 Å². The molecule has 0 aromatic heterocycles. The van der Waals surface area contributed by atoms with E-state index >= 15 is 0 Å². The normalized spacial score (nSPS) is 11.8. The second-order valence-electron chi connectivity index (χ2n) is 5.10. The highest BCUT2D eigenvalue weighted by Gasteiger charge is 2.49. The van der Waals surface area contributed by atoms with Crippen LogP contribution in [0.1, 0.15) is 5.56 Å². The number of halogens is 3. The molecule has 0 aliphatic heterocycles. The molecule has 2 aromatic rings. The molecular formula is C16H12F3O6S-. The molecule has 140 valence electrons. The standard InChI is InChI=1S/C16H13F3O6S/c1-24-13-6-5-12(9-14(13)25-26(22,23)16(17,18)19)11-4-2-3-10(7-11)8-15(20)21/h2-7,9H,8H2,1H3,(H,20,21)/p-1. The first kappa shape index (κ1) is 19.6. The summed E-state index contributed by atoms with van der Waals surface area (Å²) in [6, 6.07) is 9.90. The Morgan fingerprint density at radius 3 is 2.31 bits per heavy atom. The van der Waals surface area contributed by atoms with Crippen molar-refractivity contribution < 1.29 is 40.4 Å². The van der Waals surface area contributed by atoms with Crippen LogP contribution >= 0.6 is 0 Å². The largest absolute Gasteiger partial charge is 0.550 e. The van der Waals surface area contributed by atoms with Gasteiger partial charge in [-0.25, -0.2) is 0 Å². The molecule has 0 saturated heterocycles. The lowest BCUT2D eigenvalue weighted by atomic mass is 10.0. The molecule has 2 rings (SSSR count). The molecule has 0 spiro atoms. The van der Waals surface area contributed by atoms with Gasteiger partial charge >= 0.3 is 15.6 Å². The third-order valence-corrected chi connectivity index (χ3v) is 4.22. The van der Waals surface area contributed by atoms with E-state index in [1.807, 2.05) is 0 Å². The zero-order chi connectivity index (χ0) is 19.5. The Kier molecular flexibility index (Phi) is 5.45. The summed E-state index contributed by atoms with van der Waals surface area (Å²) in [5, 5.41) is 10.7. The molecular weight excluding hydrogens is 377 g/mol. The Labute approximate surface area is 146 Å². The number of carboxylic acids is 1. The van der Waals surface area contributed by atoms with Gasteiger partial charge in [-0.1, -0.05) is 30.3 Å². The molecule has 0 saturated carbocycles. The van der Waals surface area contributed by atoms with Gasteiger partial charge in [0.25, 0.3) is 0 Å². The Morgan fingerprint density at radius 2 is 1.73 bits per heavy atom. The number of carboxylic acid groups (broad SMARTS) is 1. The number of alkyl halides is 3. The van der Waals surface area contributed by atoms with Gasteiger partial charge < -0.3 is 18.8 Å². The van der Waals surface area contributed by atoms with Gasteiger partial charge in [0.05, 0.1) is 7.11 Å². The van der Waals surface area contributed by atoms with Gasteiger partial charge in [0.1, 0.15) is 0 Å². The van der Waals surface area contributed by atoms with E-state index in [0.717, 1.165) is 13.2 Å². The maximum absolute atomic E-state index is 12.5. The number of rotatable bonds is 6. The van der Waals surface area contributed by atoms with Crippen LogP contribution < -0.4 is 14.0 Å². The number of benzene rings is 2. The predicted octanol–water partition coefficient (Wildman–Crippen LogP) is 1.88. The van der Waals surface area contributed by atoms with Crippen molar-refractivity contribution in [1.82, 2.24) is 0 Å². The second-order valence-corrected chi connectivity index (χ2v) is 6.64. The molecule has 0 unspecified atom stereocenters. The van der Waals surface area contributed by atoms with Crippen molar-refractivity contribution >= 4 is 16.1 Å². The van der Waals surface area contributed by atoms with E-state index in [9.17, 15) is 31.5 Å². The molecule has 10 heteroatoms. The maximum atomic E-state index is 12.5. The van der Waals surface area contributed by atoms with Crippen molar-refractivity contribution in [2.24, 2.45) is 0 Å². The SMILES string of the molecule is COc1ccc(-c2cccc(CC(=O)[O-])c2)cc1OS(=O)(=O)C(F)(F)F. The van der Waals surface area contributed by atoms with E-state index < -0.39 is 27.3 Å². The van der Waals surface area contributed by atoms with Crippen LogP contribution in [0.15, 0.2) is 42.5 Å². The summed E-state index contributed by atoms with van der Waals surface area (Å²) in [6.07, 6.45) is -0.351. The highest BCUT2D eigenvalue weighted by atomic mass is 32.2. The van der Waals surface area contributed by atoms with Gasteiger partial charge in [-0.15, -0.1) is 0 Å². The molecule has 0 atom stereocenters. The van der Waals surface area contributed by atoms with Crippen LogP contribution in [0.3, 0.4) is 0 Å². The maximum Gasteiger partial charge on any atom is 0.534 e. The highest BCUT2D eigenvalue weighted by Crippen LogP contribution is 2.36. The summed E-state index contributed by atoms with van der Waals surface area (Å²) in [7, 11) is -4.73. The number of ether oxygens (including phenoxy) is 1. The van der Waals surface area contributed by atoms with Crippen LogP contribution in [0.4, 0.5) is 13.2 Å².